The molecule has 0 aliphatic heterocycles. The van der Waals surface area contributed by atoms with Crippen LogP contribution in [0.2, 0.25) is 0 Å². The standard InChI is InChI=1S/C25H27NO4/c1-7-22(27)30-25(4,5)24(2,3)29-19-14-12-17(13-15-19)20-16-18-10-8-9-11-21(18)26(6)23(20)28/h7-16H,1H2,2-6H3. The quantitative estimate of drug-likeness (QED) is 0.434. The molecule has 5 nitrogen and oxygen atoms in total. The van der Waals surface area contributed by atoms with Crippen molar-refractivity contribution in [2.75, 3.05) is 0 Å². The van der Waals surface area contributed by atoms with Crippen molar-refractivity contribution in [1.29, 1.82) is 0 Å². The summed E-state index contributed by atoms with van der Waals surface area (Å²) >= 11 is 0. The Kier molecular flexibility index (Phi) is 5.57. The lowest BCUT2D eigenvalue weighted by atomic mass is 9.89. The average Bonchev–Trinajstić information content (AvgIpc) is 2.70. The molecule has 0 aliphatic carbocycles. The maximum Gasteiger partial charge on any atom is 0.330 e. The summed E-state index contributed by atoms with van der Waals surface area (Å²) in [6, 6.07) is 17.1. The van der Waals surface area contributed by atoms with Gasteiger partial charge in [0.25, 0.3) is 5.56 Å². The molecule has 1 heterocycles. The van der Waals surface area contributed by atoms with Crippen LogP contribution < -0.4 is 10.3 Å². The van der Waals surface area contributed by atoms with Crippen LogP contribution in [0.4, 0.5) is 0 Å². The molecule has 3 rings (SSSR count). The Hall–Kier alpha value is -3.34. The fraction of sp³-hybridized carbons (Fsp3) is 0.280. The Morgan fingerprint density at radius 2 is 1.63 bits per heavy atom. The highest BCUT2D eigenvalue weighted by Crippen LogP contribution is 2.32. The van der Waals surface area contributed by atoms with Crippen LogP contribution in [-0.2, 0) is 16.6 Å². The fourth-order valence-electron chi connectivity index (χ4n) is 3.17. The summed E-state index contributed by atoms with van der Waals surface area (Å²) in [6.45, 7) is 10.7. The third kappa shape index (κ3) is 4.01. The second-order valence-corrected chi connectivity index (χ2v) is 8.25. The van der Waals surface area contributed by atoms with Crippen molar-refractivity contribution < 1.29 is 14.3 Å². The van der Waals surface area contributed by atoms with Gasteiger partial charge in [-0.05, 0) is 62.9 Å². The number of hydrogen-bond acceptors (Lipinski definition) is 4. The summed E-state index contributed by atoms with van der Waals surface area (Å²) in [5.41, 5.74) is 0.591. The number of rotatable bonds is 6. The summed E-state index contributed by atoms with van der Waals surface area (Å²) in [6.07, 6.45) is 1.14. The Labute approximate surface area is 176 Å². The number of benzene rings is 2. The monoisotopic (exact) mass is 405 g/mol. The number of nitrogens with zero attached hydrogens (tertiary/aromatic N) is 1. The Balaban J connectivity index is 1.89. The molecule has 0 radical (unpaired) electrons. The first-order valence-electron chi connectivity index (χ1n) is 9.79. The van der Waals surface area contributed by atoms with Crippen molar-refractivity contribution in [3.63, 3.8) is 0 Å². The molecular formula is C25H27NO4. The molecule has 0 fully saturated rings. The Morgan fingerprint density at radius 1 is 1.00 bits per heavy atom. The molecule has 0 atom stereocenters. The highest BCUT2D eigenvalue weighted by molar-refractivity contribution is 5.84. The Bertz CT molecular complexity index is 1150. The van der Waals surface area contributed by atoms with Gasteiger partial charge in [-0.2, -0.15) is 0 Å². The Morgan fingerprint density at radius 3 is 2.27 bits per heavy atom. The van der Waals surface area contributed by atoms with Gasteiger partial charge in [0.05, 0.1) is 5.52 Å². The van der Waals surface area contributed by atoms with Crippen LogP contribution in [0.1, 0.15) is 27.7 Å². The van der Waals surface area contributed by atoms with Crippen molar-refractivity contribution in [1.82, 2.24) is 4.57 Å². The molecule has 5 heteroatoms. The van der Waals surface area contributed by atoms with Gasteiger partial charge in [0, 0.05) is 18.7 Å². The van der Waals surface area contributed by atoms with E-state index in [9.17, 15) is 9.59 Å². The van der Waals surface area contributed by atoms with E-state index in [2.05, 4.69) is 6.58 Å². The smallest absolute Gasteiger partial charge is 0.330 e. The molecule has 1 aromatic heterocycles. The van der Waals surface area contributed by atoms with Crippen LogP contribution in [0.5, 0.6) is 5.75 Å². The fourth-order valence-corrected chi connectivity index (χ4v) is 3.17. The summed E-state index contributed by atoms with van der Waals surface area (Å²) in [4.78, 5) is 24.5. The van der Waals surface area contributed by atoms with Crippen LogP contribution in [0.25, 0.3) is 22.0 Å². The molecule has 0 N–H and O–H groups in total. The van der Waals surface area contributed by atoms with Crippen LogP contribution in [0.15, 0.2) is 72.0 Å². The van der Waals surface area contributed by atoms with Crippen LogP contribution in [0, 0.1) is 0 Å². The van der Waals surface area contributed by atoms with Gasteiger partial charge in [0.2, 0.25) is 0 Å². The van der Waals surface area contributed by atoms with E-state index in [1.54, 1.807) is 25.5 Å². The lowest BCUT2D eigenvalue weighted by Crippen LogP contribution is -2.52. The van der Waals surface area contributed by atoms with Crippen LogP contribution in [-0.4, -0.2) is 21.7 Å². The minimum absolute atomic E-state index is 0.0554. The van der Waals surface area contributed by atoms with E-state index in [-0.39, 0.29) is 5.56 Å². The lowest BCUT2D eigenvalue weighted by Gasteiger charge is -2.40. The number of hydrogen-bond donors (Lipinski definition) is 0. The predicted molar refractivity (Wildman–Crippen MR) is 120 cm³/mol. The molecule has 2 aromatic carbocycles. The maximum atomic E-state index is 12.8. The van der Waals surface area contributed by atoms with E-state index in [1.165, 1.54) is 0 Å². The first-order valence-corrected chi connectivity index (χ1v) is 9.79. The van der Waals surface area contributed by atoms with Gasteiger partial charge in [-0.25, -0.2) is 4.79 Å². The number of esters is 1. The van der Waals surface area contributed by atoms with E-state index in [0.717, 1.165) is 22.5 Å². The van der Waals surface area contributed by atoms with Gasteiger partial charge in [0.1, 0.15) is 17.0 Å². The highest BCUT2D eigenvalue weighted by atomic mass is 16.6. The van der Waals surface area contributed by atoms with E-state index in [1.807, 2.05) is 68.4 Å². The molecule has 0 aliphatic rings. The van der Waals surface area contributed by atoms with Gasteiger partial charge < -0.3 is 14.0 Å². The number of aromatic nitrogens is 1. The molecule has 0 saturated carbocycles. The zero-order valence-corrected chi connectivity index (χ0v) is 18.1. The van der Waals surface area contributed by atoms with Gasteiger partial charge in [-0.3, -0.25) is 4.79 Å². The van der Waals surface area contributed by atoms with Crippen molar-refractivity contribution in [3.05, 3.63) is 77.6 Å². The molecule has 3 aromatic rings. The first-order chi connectivity index (χ1) is 14.1. The minimum Gasteiger partial charge on any atom is -0.484 e. The molecule has 30 heavy (non-hydrogen) atoms. The van der Waals surface area contributed by atoms with Crippen molar-refractivity contribution in [2.45, 2.75) is 38.9 Å². The summed E-state index contributed by atoms with van der Waals surface area (Å²) in [5, 5.41) is 1.00. The molecule has 0 amide bonds. The number of aryl methyl sites for hydroxylation is 1. The SMILES string of the molecule is C=CC(=O)OC(C)(C)C(C)(C)Oc1ccc(-c2cc3ccccc3n(C)c2=O)cc1. The number of para-hydroxylation sites is 1. The first kappa shape index (κ1) is 21.4. The third-order valence-corrected chi connectivity index (χ3v) is 5.64. The van der Waals surface area contributed by atoms with E-state index in [0.29, 0.717) is 11.3 Å². The third-order valence-electron chi connectivity index (χ3n) is 5.64. The van der Waals surface area contributed by atoms with Gasteiger partial charge in [-0.15, -0.1) is 0 Å². The van der Waals surface area contributed by atoms with Crippen LogP contribution >= 0.6 is 0 Å². The molecular weight excluding hydrogens is 378 g/mol. The van der Waals surface area contributed by atoms with E-state index in [4.69, 9.17) is 9.47 Å². The summed E-state index contributed by atoms with van der Waals surface area (Å²) in [5.74, 6) is 0.114. The molecule has 0 saturated heterocycles. The molecule has 0 spiro atoms. The molecule has 0 bridgehead atoms. The van der Waals surface area contributed by atoms with Gasteiger partial charge >= 0.3 is 5.97 Å². The average molecular weight is 405 g/mol. The number of carbonyl (C=O) groups excluding carboxylic acids is 1. The maximum absolute atomic E-state index is 12.8. The van der Waals surface area contributed by atoms with Gasteiger partial charge in [0.15, 0.2) is 0 Å². The zero-order valence-electron chi connectivity index (χ0n) is 18.1. The molecule has 0 unspecified atom stereocenters. The second-order valence-electron chi connectivity index (χ2n) is 8.25. The summed E-state index contributed by atoms with van der Waals surface area (Å²) in [7, 11) is 1.78. The van der Waals surface area contributed by atoms with Gasteiger partial charge in [-0.1, -0.05) is 36.9 Å². The van der Waals surface area contributed by atoms with Crippen molar-refractivity contribution in [2.24, 2.45) is 7.05 Å². The number of carbonyl (C=O) groups is 1. The van der Waals surface area contributed by atoms with E-state index < -0.39 is 17.2 Å². The largest absolute Gasteiger partial charge is 0.484 e. The predicted octanol–water partition coefficient (Wildman–Crippen LogP) is 4.87. The summed E-state index contributed by atoms with van der Waals surface area (Å²) < 4.78 is 13.3. The van der Waals surface area contributed by atoms with Crippen LogP contribution in [0.3, 0.4) is 0 Å². The highest BCUT2D eigenvalue weighted by Gasteiger charge is 2.42. The molecule has 156 valence electrons. The van der Waals surface area contributed by atoms with Crippen molar-refractivity contribution >= 4 is 16.9 Å². The number of pyridine rings is 1. The normalized spacial score (nSPS) is 11.9. The second kappa shape index (κ2) is 7.82. The number of fused-ring (bicyclic) bond motifs is 1. The lowest BCUT2D eigenvalue weighted by molar-refractivity contribution is -0.170. The minimum atomic E-state index is -0.884. The topological polar surface area (TPSA) is 57.5 Å². The van der Waals surface area contributed by atoms with E-state index >= 15 is 0 Å². The zero-order chi connectivity index (χ0) is 22.1. The number of ether oxygens (including phenoxy) is 2. The van der Waals surface area contributed by atoms with Crippen molar-refractivity contribution in [3.8, 4) is 16.9 Å².